The molecule has 0 amide bonds. The van der Waals surface area contributed by atoms with Crippen LogP contribution < -0.4 is 5.32 Å². The Morgan fingerprint density at radius 2 is 1.69 bits per heavy atom. The van der Waals surface area contributed by atoms with Crippen molar-refractivity contribution in [1.82, 2.24) is 10.2 Å². The van der Waals surface area contributed by atoms with Gasteiger partial charge < -0.3 is 10.2 Å². The molecule has 0 spiro atoms. The predicted molar refractivity (Wildman–Crippen MR) is 73.9 cm³/mol. The van der Waals surface area contributed by atoms with Gasteiger partial charge in [0.25, 0.3) is 0 Å². The third kappa shape index (κ3) is 7.24. The molecule has 2 heteroatoms. The second kappa shape index (κ2) is 9.00. The lowest BCUT2D eigenvalue weighted by molar-refractivity contribution is 0.180. The van der Waals surface area contributed by atoms with Crippen molar-refractivity contribution in [1.29, 1.82) is 0 Å². The molecule has 0 saturated heterocycles. The summed E-state index contributed by atoms with van der Waals surface area (Å²) in [5.74, 6) is 0.820. The van der Waals surface area contributed by atoms with E-state index < -0.39 is 0 Å². The lowest BCUT2D eigenvalue weighted by atomic mass is 10.1. The van der Waals surface area contributed by atoms with Crippen molar-refractivity contribution in [2.24, 2.45) is 5.92 Å². The van der Waals surface area contributed by atoms with Crippen LogP contribution in [0.1, 0.15) is 54.4 Å². The number of nitrogens with zero attached hydrogens (tertiary/aromatic N) is 1. The first-order valence-corrected chi connectivity index (χ1v) is 6.98. The second-order valence-electron chi connectivity index (χ2n) is 5.35. The molecule has 0 saturated carbocycles. The van der Waals surface area contributed by atoms with Crippen molar-refractivity contribution < 1.29 is 0 Å². The molecule has 0 rings (SSSR count). The molecular weight excluding hydrogens is 196 g/mol. The fourth-order valence-electron chi connectivity index (χ4n) is 1.91. The van der Waals surface area contributed by atoms with E-state index in [1.165, 1.54) is 25.9 Å². The molecule has 16 heavy (non-hydrogen) atoms. The summed E-state index contributed by atoms with van der Waals surface area (Å²) in [7, 11) is 0. The normalized spacial score (nSPS) is 15.8. The minimum Gasteiger partial charge on any atom is -0.314 e. The fourth-order valence-corrected chi connectivity index (χ4v) is 1.91. The highest BCUT2D eigenvalue weighted by atomic mass is 15.1. The average Bonchev–Trinajstić information content (AvgIpc) is 2.24. The van der Waals surface area contributed by atoms with E-state index >= 15 is 0 Å². The van der Waals surface area contributed by atoms with Gasteiger partial charge >= 0.3 is 0 Å². The largest absolute Gasteiger partial charge is 0.314 e. The van der Waals surface area contributed by atoms with Gasteiger partial charge in [-0.05, 0) is 32.4 Å². The molecule has 0 aliphatic carbocycles. The maximum atomic E-state index is 3.50. The van der Waals surface area contributed by atoms with E-state index in [1.807, 2.05) is 0 Å². The van der Waals surface area contributed by atoms with Gasteiger partial charge in [0.05, 0.1) is 0 Å². The van der Waals surface area contributed by atoms with E-state index in [0.29, 0.717) is 12.1 Å². The molecule has 0 fully saturated rings. The Labute approximate surface area is 103 Å². The topological polar surface area (TPSA) is 15.3 Å². The molecule has 2 unspecified atom stereocenters. The summed E-state index contributed by atoms with van der Waals surface area (Å²) in [6.45, 7) is 17.2. The number of hydrogen-bond acceptors (Lipinski definition) is 2. The summed E-state index contributed by atoms with van der Waals surface area (Å²) in [5.41, 5.74) is 0. The van der Waals surface area contributed by atoms with E-state index in [9.17, 15) is 0 Å². The van der Waals surface area contributed by atoms with Crippen LogP contribution in [0.15, 0.2) is 0 Å². The van der Waals surface area contributed by atoms with Crippen molar-refractivity contribution in [3.8, 4) is 0 Å². The molecule has 0 aromatic heterocycles. The van der Waals surface area contributed by atoms with Crippen LogP contribution in [0.4, 0.5) is 0 Å². The highest BCUT2D eigenvalue weighted by molar-refractivity contribution is 4.70. The molecule has 0 aromatic rings. The first kappa shape index (κ1) is 15.9. The maximum Gasteiger partial charge on any atom is 0.00790 e. The van der Waals surface area contributed by atoms with Gasteiger partial charge in [0.15, 0.2) is 0 Å². The van der Waals surface area contributed by atoms with Crippen LogP contribution in [0.2, 0.25) is 0 Å². The third-order valence-electron chi connectivity index (χ3n) is 3.39. The van der Waals surface area contributed by atoms with Crippen LogP contribution in [0.3, 0.4) is 0 Å². The SMILES string of the molecule is CCC(C)CN(CC)C(C)CCNC(C)C. The fraction of sp³-hybridized carbons (Fsp3) is 1.00. The van der Waals surface area contributed by atoms with Crippen LogP contribution >= 0.6 is 0 Å². The summed E-state index contributed by atoms with van der Waals surface area (Å²) in [5, 5.41) is 3.50. The van der Waals surface area contributed by atoms with E-state index in [2.05, 4.69) is 51.8 Å². The Hall–Kier alpha value is -0.0800. The first-order chi connectivity index (χ1) is 7.51. The Kier molecular flexibility index (Phi) is 8.96. The molecule has 1 N–H and O–H groups in total. The molecule has 98 valence electrons. The molecule has 0 radical (unpaired) electrons. The maximum absolute atomic E-state index is 3.50. The molecule has 2 atom stereocenters. The molecule has 0 aliphatic rings. The lowest BCUT2D eigenvalue weighted by Crippen LogP contribution is -2.38. The van der Waals surface area contributed by atoms with Crippen molar-refractivity contribution in [2.75, 3.05) is 19.6 Å². The van der Waals surface area contributed by atoms with E-state index in [1.54, 1.807) is 0 Å². The van der Waals surface area contributed by atoms with Crippen molar-refractivity contribution in [3.05, 3.63) is 0 Å². The molecular formula is C14H32N2. The van der Waals surface area contributed by atoms with Gasteiger partial charge in [-0.25, -0.2) is 0 Å². The Balaban J connectivity index is 3.86. The zero-order chi connectivity index (χ0) is 12.6. The number of hydrogen-bond donors (Lipinski definition) is 1. The van der Waals surface area contributed by atoms with Crippen LogP contribution in [0, 0.1) is 5.92 Å². The van der Waals surface area contributed by atoms with Gasteiger partial charge in [0.1, 0.15) is 0 Å². The second-order valence-corrected chi connectivity index (χ2v) is 5.35. The van der Waals surface area contributed by atoms with Crippen LogP contribution in [-0.4, -0.2) is 36.6 Å². The third-order valence-corrected chi connectivity index (χ3v) is 3.39. The molecule has 0 heterocycles. The monoisotopic (exact) mass is 228 g/mol. The molecule has 0 aromatic carbocycles. The minimum absolute atomic E-state index is 0.608. The quantitative estimate of drug-likeness (QED) is 0.652. The van der Waals surface area contributed by atoms with Gasteiger partial charge in [-0.15, -0.1) is 0 Å². The summed E-state index contributed by atoms with van der Waals surface area (Å²) >= 11 is 0. The van der Waals surface area contributed by atoms with Crippen LogP contribution in [-0.2, 0) is 0 Å². The van der Waals surface area contributed by atoms with Gasteiger partial charge in [-0.1, -0.05) is 41.0 Å². The summed E-state index contributed by atoms with van der Waals surface area (Å²) in [6.07, 6.45) is 2.54. The van der Waals surface area contributed by atoms with Gasteiger partial charge in [0, 0.05) is 18.6 Å². The van der Waals surface area contributed by atoms with Crippen LogP contribution in [0.5, 0.6) is 0 Å². The lowest BCUT2D eigenvalue weighted by Gasteiger charge is -2.30. The smallest absolute Gasteiger partial charge is 0.00790 e. The number of rotatable bonds is 9. The predicted octanol–water partition coefficient (Wildman–Crippen LogP) is 3.13. The summed E-state index contributed by atoms with van der Waals surface area (Å²) < 4.78 is 0. The first-order valence-electron chi connectivity index (χ1n) is 6.98. The zero-order valence-corrected chi connectivity index (χ0v) is 12.2. The highest BCUT2D eigenvalue weighted by Gasteiger charge is 2.13. The number of nitrogens with one attached hydrogen (secondary N) is 1. The van der Waals surface area contributed by atoms with E-state index in [0.717, 1.165) is 12.5 Å². The van der Waals surface area contributed by atoms with Gasteiger partial charge in [0.2, 0.25) is 0 Å². The Morgan fingerprint density at radius 1 is 1.06 bits per heavy atom. The Morgan fingerprint density at radius 3 is 2.12 bits per heavy atom. The summed E-state index contributed by atoms with van der Waals surface area (Å²) in [4.78, 5) is 2.61. The van der Waals surface area contributed by atoms with E-state index in [-0.39, 0.29) is 0 Å². The van der Waals surface area contributed by atoms with Crippen molar-refractivity contribution >= 4 is 0 Å². The van der Waals surface area contributed by atoms with E-state index in [4.69, 9.17) is 0 Å². The Bertz CT molecular complexity index is 157. The van der Waals surface area contributed by atoms with Crippen molar-refractivity contribution in [2.45, 2.75) is 66.5 Å². The molecule has 2 nitrogen and oxygen atoms in total. The molecule has 0 bridgehead atoms. The highest BCUT2D eigenvalue weighted by Crippen LogP contribution is 2.09. The van der Waals surface area contributed by atoms with Crippen molar-refractivity contribution in [3.63, 3.8) is 0 Å². The van der Waals surface area contributed by atoms with Gasteiger partial charge in [-0.2, -0.15) is 0 Å². The average molecular weight is 228 g/mol. The van der Waals surface area contributed by atoms with Gasteiger partial charge in [-0.3, -0.25) is 0 Å². The van der Waals surface area contributed by atoms with Crippen LogP contribution in [0.25, 0.3) is 0 Å². The molecule has 0 aliphatic heterocycles. The summed E-state index contributed by atoms with van der Waals surface area (Å²) in [6, 6.07) is 1.31. The minimum atomic E-state index is 0.608. The standard InChI is InChI=1S/C14H32N2/c1-7-13(5)11-16(8-2)14(6)9-10-15-12(3)4/h12-15H,7-11H2,1-6H3. The zero-order valence-electron chi connectivity index (χ0n) is 12.2.